The van der Waals surface area contributed by atoms with Crippen LogP contribution in [-0.4, -0.2) is 67.9 Å². The number of rotatable bonds is 12. The fourth-order valence-electron chi connectivity index (χ4n) is 1.75. The highest BCUT2D eigenvalue weighted by atomic mass is 32.1. The molecule has 1 heterocycles. The number of imide groups is 1. The zero-order chi connectivity index (χ0) is 23.8. The first-order valence-corrected chi connectivity index (χ1v) is 10.9. The maximum absolute atomic E-state index is 11.6. The number of nitrogens with one attached hydrogen (secondary N) is 1. The molecule has 3 amide bonds. The highest BCUT2D eigenvalue weighted by Gasteiger charge is 2.23. The summed E-state index contributed by atoms with van der Waals surface area (Å²) >= 11 is 0. The van der Waals surface area contributed by atoms with Gasteiger partial charge in [-0.05, 0) is 6.92 Å². The Kier molecular flexibility index (Phi) is 33.4. The molecule has 0 aromatic rings. The topological polar surface area (TPSA) is 102 Å². The quantitative estimate of drug-likeness (QED) is 0.350. The third-order valence-electron chi connectivity index (χ3n) is 3.00. The van der Waals surface area contributed by atoms with E-state index in [0.29, 0.717) is 39.4 Å². The van der Waals surface area contributed by atoms with Crippen LogP contribution >= 0.6 is 13.5 Å². The SMILES string of the molecule is CC.CC.CC(=O)CCOCCOCCNC(=O)CCN1C(=O)C=CC1=O.CCC.S.[HH]. The average Bonchev–Trinajstić information content (AvgIpc) is 3.06. The van der Waals surface area contributed by atoms with Gasteiger partial charge in [0.1, 0.15) is 5.78 Å². The van der Waals surface area contributed by atoms with Gasteiger partial charge in [-0.2, -0.15) is 13.5 Å². The van der Waals surface area contributed by atoms with Gasteiger partial charge in [0.15, 0.2) is 0 Å². The lowest BCUT2D eigenvalue weighted by Gasteiger charge is -2.13. The van der Waals surface area contributed by atoms with Gasteiger partial charge in [-0.25, -0.2) is 0 Å². The van der Waals surface area contributed by atoms with E-state index in [9.17, 15) is 19.2 Å². The Morgan fingerprint density at radius 3 is 1.81 bits per heavy atom. The van der Waals surface area contributed by atoms with Crippen molar-refractivity contribution in [3.05, 3.63) is 12.2 Å². The van der Waals surface area contributed by atoms with Crippen molar-refractivity contribution in [3.63, 3.8) is 0 Å². The maximum atomic E-state index is 11.6. The van der Waals surface area contributed by atoms with Gasteiger partial charge >= 0.3 is 0 Å². The van der Waals surface area contributed by atoms with Crippen LogP contribution in [0, 0.1) is 0 Å². The predicted octanol–water partition coefficient (Wildman–Crippen LogP) is 3.26. The normalized spacial score (nSPS) is 11.1. The van der Waals surface area contributed by atoms with Crippen molar-refractivity contribution in [2.75, 3.05) is 39.5 Å². The zero-order valence-corrected chi connectivity index (χ0v) is 21.4. The molecule has 186 valence electrons. The van der Waals surface area contributed by atoms with Gasteiger partial charge in [0.2, 0.25) is 5.91 Å². The van der Waals surface area contributed by atoms with E-state index < -0.39 is 11.8 Å². The van der Waals surface area contributed by atoms with Crippen LogP contribution in [0.5, 0.6) is 0 Å². The van der Waals surface area contributed by atoms with Gasteiger partial charge in [0.25, 0.3) is 11.8 Å². The van der Waals surface area contributed by atoms with Crippen LogP contribution in [0.25, 0.3) is 0 Å². The van der Waals surface area contributed by atoms with Gasteiger partial charge in [-0.1, -0.05) is 48.0 Å². The van der Waals surface area contributed by atoms with Crippen molar-refractivity contribution in [3.8, 4) is 0 Å². The molecule has 0 aromatic heterocycles. The predicted molar refractivity (Wildman–Crippen MR) is 132 cm³/mol. The Labute approximate surface area is 197 Å². The smallest absolute Gasteiger partial charge is 0.253 e. The lowest BCUT2D eigenvalue weighted by atomic mass is 10.3. The fraction of sp³-hybridized carbons (Fsp3) is 0.727. The van der Waals surface area contributed by atoms with Crippen molar-refractivity contribution in [2.24, 2.45) is 0 Å². The first-order chi connectivity index (χ1) is 14.4. The molecule has 1 aliphatic rings. The van der Waals surface area contributed by atoms with E-state index in [2.05, 4.69) is 19.2 Å². The van der Waals surface area contributed by atoms with E-state index in [0.717, 1.165) is 4.90 Å². The standard InChI is InChI=1S/C15H22N2O6.C3H8.2C2H6.H2S.H2/c1-12(18)5-8-22-10-11-23-9-6-16-13(19)4-7-17-14(20)2-3-15(17)21;1-3-2;2*1-2;;/h2-3H,4-11H2,1H3,(H,16,19);3H2,1-2H3;2*1-2H3;1H2;1H. The van der Waals surface area contributed by atoms with E-state index in [4.69, 9.17) is 9.47 Å². The highest BCUT2D eigenvalue weighted by Crippen LogP contribution is 2.03. The van der Waals surface area contributed by atoms with Gasteiger partial charge < -0.3 is 14.8 Å². The molecule has 0 unspecified atom stereocenters. The molecule has 1 aliphatic heterocycles. The average molecular weight is 467 g/mol. The minimum absolute atomic E-state index is 0. The summed E-state index contributed by atoms with van der Waals surface area (Å²) in [5.74, 6) is -0.952. The van der Waals surface area contributed by atoms with Crippen LogP contribution in [0.2, 0.25) is 0 Å². The first-order valence-electron chi connectivity index (χ1n) is 10.9. The molecule has 0 spiro atoms. The van der Waals surface area contributed by atoms with Crippen LogP contribution in [-0.2, 0) is 28.7 Å². The Balaban J connectivity index is -0.000000242. The number of hydrogen-bond acceptors (Lipinski definition) is 6. The Morgan fingerprint density at radius 2 is 1.35 bits per heavy atom. The molecule has 1 N–H and O–H groups in total. The van der Waals surface area contributed by atoms with E-state index in [1.165, 1.54) is 25.5 Å². The molecule has 0 bridgehead atoms. The molecule has 31 heavy (non-hydrogen) atoms. The third-order valence-corrected chi connectivity index (χ3v) is 3.00. The number of carbonyl (C=O) groups is 4. The second kappa shape index (κ2) is 28.3. The van der Waals surface area contributed by atoms with Crippen molar-refractivity contribution in [2.45, 2.75) is 67.7 Å². The number of carbonyl (C=O) groups excluding carboxylic acids is 4. The number of Topliss-reactive ketones (excluding diaryl/α,β-unsaturated/α-hetero) is 1. The van der Waals surface area contributed by atoms with Crippen LogP contribution in [0.4, 0.5) is 0 Å². The van der Waals surface area contributed by atoms with E-state index >= 15 is 0 Å². The first kappa shape index (κ1) is 36.7. The summed E-state index contributed by atoms with van der Waals surface area (Å²) in [6.45, 7) is 15.7. The second-order valence-corrected chi connectivity index (χ2v) is 5.65. The summed E-state index contributed by atoms with van der Waals surface area (Å²) < 4.78 is 10.4. The van der Waals surface area contributed by atoms with E-state index in [-0.39, 0.29) is 39.6 Å². The number of ether oxygens (including phenoxy) is 2. The molecule has 0 aromatic carbocycles. The Hall–Kier alpha value is -1.71. The molecule has 0 fully saturated rings. The number of amides is 3. The summed E-state index contributed by atoms with van der Waals surface area (Å²) in [7, 11) is 0. The lowest BCUT2D eigenvalue weighted by Crippen LogP contribution is -2.35. The molecule has 9 heteroatoms. The molecular formula is C22H46N2O6S. The Morgan fingerprint density at radius 1 is 0.903 bits per heavy atom. The highest BCUT2D eigenvalue weighted by molar-refractivity contribution is 7.59. The molecule has 0 saturated heterocycles. The lowest BCUT2D eigenvalue weighted by molar-refractivity contribution is -0.137. The van der Waals surface area contributed by atoms with Crippen molar-refractivity contribution >= 4 is 37.0 Å². The van der Waals surface area contributed by atoms with Gasteiger partial charge in [-0.15, -0.1) is 0 Å². The molecule has 0 atom stereocenters. The van der Waals surface area contributed by atoms with Crippen molar-refractivity contribution < 1.29 is 30.1 Å². The Bertz CT molecular complexity index is 487. The fourth-order valence-corrected chi connectivity index (χ4v) is 1.75. The molecule has 0 saturated carbocycles. The van der Waals surface area contributed by atoms with E-state index in [1.807, 2.05) is 27.7 Å². The van der Waals surface area contributed by atoms with Crippen LogP contribution in [0.15, 0.2) is 12.2 Å². The summed E-state index contributed by atoms with van der Waals surface area (Å²) in [6.07, 6.45) is 4.08. The minimum atomic E-state index is -0.393. The maximum Gasteiger partial charge on any atom is 0.253 e. The number of hydrogen-bond donors (Lipinski definition) is 1. The van der Waals surface area contributed by atoms with Crippen LogP contribution in [0.3, 0.4) is 0 Å². The molecular weight excluding hydrogens is 420 g/mol. The summed E-state index contributed by atoms with van der Waals surface area (Å²) in [5, 5.41) is 2.63. The van der Waals surface area contributed by atoms with Crippen LogP contribution < -0.4 is 5.32 Å². The van der Waals surface area contributed by atoms with Gasteiger partial charge in [0.05, 0.1) is 26.4 Å². The summed E-state index contributed by atoms with van der Waals surface area (Å²) in [5.41, 5.74) is 0. The van der Waals surface area contributed by atoms with Crippen molar-refractivity contribution in [1.82, 2.24) is 10.2 Å². The molecule has 0 aliphatic carbocycles. The number of ketones is 1. The molecule has 0 radical (unpaired) electrons. The van der Waals surface area contributed by atoms with Crippen LogP contribution in [0.1, 0.15) is 69.2 Å². The van der Waals surface area contributed by atoms with E-state index in [1.54, 1.807) is 0 Å². The second-order valence-electron chi connectivity index (χ2n) is 5.65. The zero-order valence-electron chi connectivity index (χ0n) is 20.4. The molecule has 8 nitrogen and oxygen atoms in total. The number of nitrogens with zero attached hydrogens (tertiary/aromatic N) is 1. The molecule has 1 rings (SSSR count). The van der Waals surface area contributed by atoms with Gasteiger partial charge in [0, 0.05) is 39.5 Å². The summed E-state index contributed by atoms with van der Waals surface area (Å²) in [4.78, 5) is 45.8. The minimum Gasteiger partial charge on any atom is -0.379 e. The van der Waals surface area contributed by atoms with Gasteiger partial charge in [-0.3, -0.25) is 24.1 Å². The monoisotopic (exact) mass is 466 g/mol. The third kappa shape index (κ3) is 24.4. The van der Waals surface area contributed by atoms with Crippen molar-refractivity contribution in [1.29, 1.82) is 0 Å². The summed E-state index contributed by atoms with van der Waals surface area (Å²) in [6, 6.07) is 0. The largest absolute Gasteiger partial charge is 0.379 e.